The molecule has 5 heteroatoms. The molecule has 3 rings (SSSR count). The van der Waals surface area contributed by atoms with Crippen molar-refractivity contribution in [2.24, 2.45) is 5.92 Å². The summed E-state index contributed by atoms with van der Waals surface area (Å²) in [7, 11) is 0. The summed E-state index contributed by atoms with van der Waals surface area (Å²) in [4.78, 5) is 14.6. The average molecular weight is 259 g/mol. The summed E-state index contributed by atoms with van der Waals surface area (Å²) in [5, 5.41) is 11.6. The van der Waals surface area contributed by atoms with Crippen molar-refractivity contribution in [2.75, 3.05) is 0 Å². The van der Waals surface area contributed by atoms with Gasteiger partial charge in [-0.15, -0.1) is 0 Å². The SMILES string of the molecule is O=[N+]([O-])c1cnc2c(ccn2CC2CCCCC2)c1. The van der Waals surface area contributed by atoms with Gasteiger partial charge in [0.15, 0.2) is 0 Å². The molecule has 5 nitrogen and oxygen atoms in total. The first kappa shape index (κ1) is 12.1. The molecule has 2 aromatic heterocycles. The van der Waals surface area contributed by atoms with Crippen LogP contribution in [0.4, 0.5) is 5.69 Å². The van der Waals surface area contributed by atoms with E-state index in [0.717, 1.165) is 23.5 Å². The Morgan fingerprint density at radius 2 is 2.16 bits per heavy atom. The molecule has 1 saturated carbocycles. The van der Waals surface area contributed by atoms with Crippen LogP contribution in [0.25, 0.3) is 11.0 Å². The van der Waals surface area contributed by atoms with Gasteiger partial charge in [0.2, 0.25) is 0 Å². The largest absolute Gasteiger partial charge is 0.332 e. The molecule has 0 bridgehead atoms. The van der Waals surface area contributed by atoms with Crippen LogP contribution >= 0.6 is 0 Å². The van der Waals surface area contributed by atoms with Crippen LogP contribution in [0.3, 0.4) is 0 Å². The van der Waals surface area contributed by atoms with Gasteiger partial charge >= 0.3 is 0 Å². The number of rotatable bonds is 3. The third-order valence-electron chi connectivity index (χ3n) is 3.98. The average Bonchev–Trinajstić information content (AvgIpc) is 2.82. The number of pyridine rings is 1. The molecule has 100 valence electrons. The van der Waals surface area contributed by atoms with E-state index in [1.54, 1.807) is 6.07 Å². The number of nitro groups is 1. The van der Waals surface area contributed by atoms with Crippen LogP contribution in [0.5, 0.6) is 0 Å². The molecular formula is C14H17N3O2. The zero-order valence-electron chi connectivity index (χ0n) is 10.8. The monoisotopic (exact) mass is 259 g/mol. The summed E-state index contributed by atoms with van der Waals surface area (Å²) in [5.41, 5.74) is 0.916. The van der Waals surface area contributed by atoms with Crippen molar-refractivity contribution in [3.05, 3.63) is 34.6 Å². The summed E-state index contributed by atoms with van der Waals surface area (Å²) in [6, 6.07) is 3.51. The van der Waals surface area contributed by atoms with E-state index in [4.69, 9.17) is 0 Å². The van der Waals surface area contributed by atoms with Crippen molar-refractivity contribution in [1.29, 1.82) is 0 Å². The highest BCUT2D eigenvalue weighted by molar-refractivity contribution is 5.78. The maximum Gasteiger partial charge on any atom is 0.288 e. The second-order valence-electron chi connectivity index (χ2n) is 5.34. The molecule has 0 spiro atoms. The van der Waals surface area contributed by atoms with E-state index in [1.165, 1.54) is 38.3 Å². The van der Waals surface area contributed by atoms with E-state index in [9.17, 15) is 10.1 Å². The molecule has 2 aromatic rings. The number of hydrogen-bond acceptors (Lipinski definition) is 3. The Hall–Kier alpha value is -1.91. The fourth-order valence-electron chi connectivity index (χ4n) is 2.96. The van der Waals surface area contributed by atoms with Gasteiger partial charge < -0.3 is 4.57 Å². The van der Waals surface area contributed by atoms with Crippen LogP contribution in [0.15, 0.2) is 24.5 Å². The van der Waals surface area contributed by atoms with Gasteiger partial charge in [-0.3, -0.25) is 10.1 Å². The quantitative estimate of drug-likeness (QED) is 0.625. The van der Waals surface area contributed by atoms with Crippen LogP contribution in [0, 0.1) is 16.0 Å². The van der Waals surface area contributed by atoms with E-state index < -0.39 is 4.92 Å². The minimum absolute atomic E-state index is 0.0583. The van der Waals surface area contributed by atoms with Crippen molar-refractivity contribution < 1.29 is 4.92 Å². The smallest absolute Gasteiger partial charge is 0.288 e. The minimum Gasteiger partial charge on any atom is -0.332 e. The predicted octanol–water partition coefficient (Wildman–Crippen LogP) is 3.52. The molecule has 19 heavy (non-hydrogen) atoms. The maximum atomic E-state index is 10.7. The normalized spacial score (nSPS) is 16.8. The highest BCUT2D eigenvalue weighted by Gasteiger charge is 2.16. The summed E-state index contributed by atoms with van der Waals surface area (Å²) >= 11 is 0. The van der Waals surface area contributed by atoms with Crippen LogP contribution in [0.2, 0.25) is 0 Å². The number of fused-ring (bicyclic) bond motifs is 1. The first-order chi connectivity index (χ1) is 9.24. The second-order valence-corrected chi connectivity index (χ2v) is 5.34. The van der Waals surface area contributed by atoms with Gasteiger partial charge in [0.1, 0.15) is 11.8 Å². The van der Waals surface area contributed by atoms with Crippen LogP contribution < -0.4 is 0 Å². The van der Waals surface area contributed by atoms with Gasteiger partial charge in [-0.1, -0.05) is 19.3 Å². The number of nitrogens with zero attached hydrogens (tertiary/aromatic N) is 3. The van der Waals surface area contributed by atoms with Gasteiger partial charge in [0.25, 0.3) is 5.69 Å². The first-order valence-electron chi connectivity index (χ1n) is 6.83. The molecule has 2 heterocycles. The Kier molecular flexibility index (Phi) is 3.19. The van der Waals surface area contributed by atoms with Crippen molar-refractivity contribution in [3.63, 3.8) is 0 Å². The Bertz CT molecular complexity index is 600. The molecule has 0 unspecified atom stereocenters. The highest BCUT2D eigenvalue weighted by Crippen LogP contribution is 2.27. The van der Waals surface area contributed by atoms with Gasteiger partial charge in [-0.25, -0.2) is 4.98 Å². The fraction of sp³-hybridized carbons (Fsp3) is 0.500. The van der Waals surface area contributed by atoms with Crippen molar-refractivity contribution >= 4 is 16.7 Å². The van der Waals surface area contributed by atoms with Gasteiger partial charge in [0.05, 0.1) is 4.92 Å². The summed E-state index contributed by atoms with van der Waals surface area (Å²) in [5.74, 6) is 0.723. The summed E-state index contributed by atoms with van der Waals surface area (Å²) < 4.78 is 2.13. The van der Waals surface area contributed by atoms with Crippen LogP contribution in [0.1, 0.15) is 32.1 Å². The van der Waals surface area contributed by atoms with Crippen LogP contribution in [-0.2, 0) is 6.54 Å². The van der Waals surface area contributed by atoms with E-state index in [-0.39, 0.29) is 5.69 Å². The molecule has 0 amide bonds. The number of aromatic nitrogens is 2. The van der Waals surface area contributed by atoms with Crippen LogP contribution in [-0.4, -0.2) is 14.5 Å². The van der Waals surface area contributed by atoms with E-state index in [2.05, 4.69) is 9.55 Å². The third-order valence-corrected chi connectivity index (χ3v) is 3.98. The zero-order valence-corrected chi connectivity index (χ0v) is 10.8. The molecule has 0 radical (unpaired) electrons. The number of hydrogen-bond donors (Lipinski definition) is 0. The Morgan fingerprint density at radius 3 is 2.89 bits per heavy atom. The third kappa shape index (κ3) is 2.45. The molecule has 0 atom stereocenters. The molecule has 0 aliphatic heterocycles. The Balaban J connectivity index is 1.86. The van der Waals surface area contributed by atoms with E-state index in [1.807, 2.05) is 12.3 Å². The minimum atomic E-state index is -0.398. The highest BCUT2D eigenvalue weighted by atomic mass is 16.6. The molecule has 1 aliphatic carbocycles. The van der Waals surface area contributed by atoms with Gasteiger partial charge in [-0.05, 0) is 24.8 Å². The van der Waals surface area contributed by atoms with Crippen molar-refractivity contribution in [2.45, 2.75) is 38.6 Å². The lowest BCUT2D eigenvalue weighted by Crippen LogP contribution is -2.13. The van der Waals surface area contributed by atoms with E-state index >= 15 is 0 Å². The standard InChI is InChI=1S/C14H17N3O2/c18-17(19)13-8-12-6-7-16(14(12)15-9-13)10-11-4-2-1-3-5-11/h6-9,11H,1-5,10H2. The van der Waals surface area contributed by atoms with Crippen molar-refractivity contribution in [1.82, 2.24) is 9.55 Å². The lowest BCUT2D eigenvalue weighted by molar-refractivity contribution is -0.385. The topological polar surface area (TPSA) is 61.0 Å². The molecular weight excluding hydrogens is 242 g/mol. The molecule has 1 fully saturated rings. The lowest BCUT2D eigenvalue weighted by Gasteiger charge is -2.22. The molecule has 0 saturated heterocycles. The second kappa shape index (κ2) is 4.99. The fourth-order valence-corrected chi connectivity index (χ4v) is 2.96. The summed E-state index contributed by atoms with van der Waals surface area (Å²) in [6.07, 6.45) is 9.91. The lowest BCUT2D eigenvalue weighted by atomic mass is 9.89. The molecule has 1 aliphatic rings. The molecule has 0 aromatic carbocycles. The maximum absolute atomic E-state index is 10.7. The first-order valence-corrected chi connectivity index (χ1v) is 6.83. The predicted molar refractivity (Wildman–Crippen MR) is 73.0 cm³/mol. The summed E-state index contributed by atoms with van der Waals surface area (Å²) in [6.45, 7) is 0.980. The van der Waals surface area contributed by atoms with E-state index in [0.29, 0.717) is 0 Å². The van der Waals surface area contributed by atoms with Crippen molar-refractivity contribution in [3.8, 4) is 0 Å². The molecule has 0 N–H and O–H groups in total. The zero-order chi connectivity index (χ0) is 13.2. The Morgan fingerprint density at radius 1 is 1.37 bits per heavy atom. The van der Waals surface area contributed by atoms with Gasteiger partial charge in [-0.2, -0.15) is 0 Å². The Labute approximate surface area is 111 Å². The van der Waals surface area contributed by atoms with Gasteiger partial charge in [0, 0.05) is 24.2 Å².